The van der Waals surface area contributed by atoms with E-state index in [1.54, 1.807) is 17.1 Å². The van der Waals surface area contributed by atoms with Gasteiger partial charge >= 0.3 is 0 Å². The van der Waals surface area contributed by atoms with Gasteiger partial charge in [-0.15, -0.1) is 0 Å². The van der Waals surface area contributed by atoms with Crippen LogP contribution in [0.1, 0.15) is 11.1 Å². The molecule has 0 bridgehead atoms. The summed E-state index contributed by atoms with van der Waals surface area (Å²) in [6.45, 7) is 1.55. The molecular formula is C18H19F2N5O3. The van der Waals surface area contributed by atoms with E-state index in [4.69, 9.17) is 14.6 Å². The van der Waals surface area contributed by atoms with Crippen molar-refractivity contribution >= 4 is 11.6 Å². The maximum atomic E-state index is 14.3. The van der Waals surface area contributed by atoms with Crippen molar-refractivity contribution < 1.29 is 23.4 Å². The number of aryl methyl sites for hydroxylation is 1. The molecule has 2 heterocycles. The zero-order chi connectivity index (χ0) is 20.1. The summed E-state index contributed by atoms with van der Waals surface area (Å²) in [6, 6.07) is 1.29. The van der Waals surface area contributed by atoms with Crippen molar-refractivity contribution in [2.24, 2.45) is 0 Å². The van der Waals surface area contributed by atoms with E-state index in [-0.39, 0.29) is 35.8 Å². The Labute approximate surface area is 159 Å². The van der Waals surface area contributed by atoms with E-state index in [0.29, 0.717) is 18.2 Å². The molecule has 28 heavy (non-hydrogen) atoms. The number of halogens is 2. The van der Waals surface area contributed by atoms with Gasteiger partial charge in [-0.1, -0.05) is 0 Å². The number of methoxy groups -OCH3 is 1. The molecule has 0 saturated carbocycles. The Morgan fingerprint density at radius 2 is 1.93 bits per heavy atom. The van der Waals surface area contributed by atoms with E-state index in [1.807, 2.05) is 0 Å². The minimum absolute atomic E-state index is 0.0162. The Morgan fingerprint density at radius 3 is 2.61 bits per heavy atom. The van der Waals surface area contributed by atoms with Gasteiger partial charge in [0.25, 0.3) is 0 Å². The average Bonchev–Trinajstić information content (AvgIpc) is 3.13. The number of ether oxygens (including phenoxy) is 2. The first-order valence-electron chi connectivity index (χ1n) is 8.38. The summed E-state index contributed by atoms with van der Waals surface area (Å²) in [5.74, 6) is -0.983. The molecule has 1 aromatic carbocycles. The number of nitrogens with zero attached hydrogens (tertiary/aromatic N) is 4. The highest BCUT2D eigenvalue weighted by Crippen LogP contribution is 2.27. The van der Waals surface area contributed by atoms with Crippen molar-refractivity contribution in [3.8, 4) is 11.5 Å². The summed E-state index contributed by atoms with van der Waals surface area (Å²) in [4.78, 5) is 8.18. The number of nitrogens with one attached hydrogen (secondary N) is 1. The zero-order valence-electron chi connectivity index (χ0n) is 15.3. The number of aromatic nitrogens is 4. The lowest BCUT2D eigenvalue weighted by Crippen LogP contribution is -2.06. The number of anilines is 2. The molecule has 0 saturated heterocycles. The van der Waals surface area contributed by atoms with Crippen molar-refractivity contribution in [3.63, 3.8) is 0 Å². The van der Waals surface area contributed by atoms with Crippen molar-refractivity contribution in [2.75, 3.05) is 19.0 Å². The van der Waals surface area contributed by atoms with E-state index in [0.717, 1.165) is 0 Å². The average molecular weight is 391 g/mol. The summed E-state index contributed by atoms with van der Waals surface area (Å²) in [5.41, 5.74) is 0.683. The summed E-state index contributed by atoms with van der Waals surface area (Å²) < 4.78 is 40.4. The monoisotopic (exact) mass is 391 g/mol. The largest absolute Gasteiger partial charge is 0.494 e. The third kappa shape index (κ3) is 4.34. The van der Waals surface area contributed by atoms with E-state index in [9.17, 15) is 8.78 Å². The molecule has 0 amide bonds. The second-order valence-electron chi connectivity index (χ2n) is 5.87. The third-order valence-electron chi connectivity index (χ3n) is 3.89. The highest BCUT2D eigenvalue weighted by molar-refractivity contribution is 5.50. The number of hydrogen-bond acceptors (Lipinski definition) is 7. The molecule has 8 nitrogen and oxygen atoms in total. The molecule has 0 spiro atoms. The van der Waals surface area contributed by atoms with E-state index >= 15 is 0 Å². The molecule has 2 aromatic heterocycles. The fraction of sp³-hybridized carbons (Fsp3) is 0.278. The van der Waals surface area contributed by atoms with Crippen LogP contribution in [0.15, 0.2) is 30.9 Å². The summed E-state index contributed by atoms with van der Waals surface area (Å²) >= 11 is 0. The Bertz CT molecular complexity index is 947. The van der Waals surface area contributed by atoms with Crippen LogP contribution in [0.3, 0.4) is 0 Å². The topological polar surface area (TPSA) is 94.3 Å². The highest BCUT2D eigenvalue weighted by Gasteiger charge is 2.18. The standard InChI is InChI=1S/C18H19F2N5O3/c1-11-5-15(27-2)17(20)14(16(11)19)10-28-13-7-21-18(22-8-13)24-12-6-23-25(9-12)3-4-26/h5-9,26H,3-4,10H2,1-2H3,(H,21,22,24). The normalized spacial score (nSPS) is 10.8. The van der Waals surface area contributed by atoms with Crippen LogP contribution in [-0.2, 0) is 13.2 Å². The predicted molar refractivity (Wildman–Crippen MR) is 96.6 cm³/mol. The van der Waals surface area contributed by atoms with E-state index in [2.05, 4.69) is 20.4 Å². The number of aliphatic hydroxyl groups excluding tert-OH is 1. The Kier molecular flexibility index (Phi) is 5.99. The first kappa shape index (κ1) is 19.5. The zero-order valence-corrected chi connectivity index (χ0v) is 15.3. The van der Waals surface area contributed by atoms with Crippen LogP contribution < -0.4 is 14.8 Å². The van der Waals surface area contributed by atoms with Crippen LogP contribution in [0.5, 0.6) is 11.5 Å². The molecule has 2 N–H and O–H groups in total. The van der Waals surface area contributed by atoms with Gasteiger partial charge in [-0.05, 0) is 18.6 Å². The van der Waals surface area contributed by atoms with E-state index in [1.165, 1.54) is 32.5 Å². The summed E-state index contributed by atoms with van der Waals surface area (Å²) in [5, 5.41) is 15.9. The van der Waals surface area contributed by atoms with Gasteiger partial charge in [-0.3, -0.25) is 4.68 Å². The number of aliphatic hydroxyl groups is 1. The fourth-order valence-corrected chi connectivity index (χ4v) is 2.47. The van der Waals surface area contributed by atoms with Gasteiger partial charge < -0.3 is 19.9 Å². The molecule has 0 fully saturated rings. The van der Waals surface area contributed by atoms with Crippen LogP contribution in [0.25, 0.3) is 0 Å². The van der Waals surface area contributed by atoms with Gasteiger partial charge in [0.1, 0.15) is 12.4 Å². The van der Waals surface area contributed by atoms with Crippen LogP contribution in [0.2, 0.25) is 0 Å². The molecule has 3 rings (SSSR count). The van der Waals surface area contributed by atoms with Gasteiger partial charge in [-0.2, -0.15) is 5.10 Å². The second kappa shape index (κ2) is 8.61. The van der Waals surface area contributed by atoms with Crippen LogP contribution in [0.4, 0.5) is 20.4 Å². The molecule has 0 aliphatic rings. The Balaban J connectivity index is 1.65. The summed E-state index contributed by atoms with van der Waals surface area (Å²) in [6.07, 6.45) is 6.04. The van der Waals surface area contributed by atoms with Gasteiger partial charge in [0.2, 0.25) is 5.95 Å². The smallest absolute Gasteiger partial charge is 0.227 e. The van der Waals surface area contributed by atoms with Crippen molar-refractivity contribution in [1.82, 2.24) is 19.7 Å². The minimum atomic E-state index is -0.801. The lowest BCUT2D eigenvalue weighted by atomic mass is 10.1. The van der Waals surface area contributed by atoms with Crippen molar-refractivity contribution in [1.29, 1.82) is 0 Å². The van der Waals surface area contributed by atoms with E-state index < -0.39 is 11.6 Å². The minimum Gasteiger partial charge on any atom is -0.494 e. The quantitative estimate of drug-likeness (QED) is 0.609. The SMILES string of the molecule is COc1cc(C)c(F)c(COc2cnc(Nc3cnn(CCO)c3)nc2)c1F. The van der Waals surface area contributed by atoms with Gasteiger partial charge in [-0.25, -0.2) is 18.7 Å². The molecular weight excluding hydrogens is 372 g/mol. The number of hydrogen-bond donors (Lipinski definition) is 2. The molecule has 0 unspecified atom stereocenters. The molecule has 0 atom stereocenters. The first-order chi connectivity index (χ1) is 13.5. The fourth-order valence-electron chi connectivity index (χ4n) is 2.47. The van der Waals surface area contributed by atoms with Crippen molar-refractivity contribution in [2.45, 2.75) is 20.1 Å². The maximum absolute atomic E-state index is 14.3. The van der Waals surface area contributed by atoms with Gasteiger partial charge in [0, 0.05) is 6.20 Å². The van der Waals surface area contributed by atoms with Gasteiger partial charge in [0.15, 0.2) is 17.3 Å². The van der Waals surface area contributed by atoms with Crippen molar-refractivity contribution in [3.05, 3.63) is 53.6 Å². The Morgan fingerprint density at radius 1 is 1.18 bits per heavy atom. The third-order valence-corrected chi connectivity index (χ3v) is 3.89. The highest BCUT2D eigenvalue weighted by atomic mass is 19.1. The lowest BCUT2D eigenvalue weighted by molar-refractivity contribution is 0.269. The molecule has 0 aliphatic carbocycles. The molecule has 148 valence electrons. The van der Waals surface area contributed by atoms with Gasteiger partial charge in [0.05, 0.1) is 50.1 Å². The molecule has 0 aliphatic heterocycles. The summed E-state index contributed by atoms with van der Waals surface area (Å²) in [7, 11) is 1.31. The first-order valence-corrected chi connectivity index (χ1v) is 8.38. The second-order valence-corrected chi connectivity index (χ2v) is 5.87. The molecule has 0 radical (unpaired) electrons. The Hall–Kier alpha value is -3.27. The predicted octanol–water partition coefficient (Wildman–Crippen LogP) is 2.58. The van der Waals surface area contributed by atoms with Crippen LogP contribution >= 0.6 is 0 Å². The van der Waals surface area contributed by atoms with Crippen LogP contribution in [0, 0.1) is 18.6 Å². The lowest BCUT2D eigenvalue weighted by Gasteiger charge is -2.12. The molecule has 10 heteroatoms. The maximum Gasteiger partial charge on any atom is 0.227 e. The number of benzene rings is 1. The van der Waals surface area contributed by atoms with Crippen LogP contribution in [-0.4, -0.2) is 38.6 Å². The molecule has 3 aromatic rings. The number of rotatable bonds is 8.